The Labute approximate surface area is 119 Å². The second-order valence-electron chi connectivity index (χ2n) is 5.43. The van der Waals surface area contributed by atoms with Crippen molar-refractivity contribution in [3.05, 3.63) is 17.5 Å². The van der Waals surface area contributed by atoms with Crippen LogP contribution in [0.1, 0.15) is 42.2 Å². The molecule has 0 aromatic carbocycles. The van der Waals surface area contributed by atoms with Crippen LogP contribution in [0.2, 0.25) is 0 Å². The molecule has 1 aromatic rings. The largest absolute Gasteiger partial charge is 0.462 e. The summed E-state index contributed by atoms with van der Waals surface area (Å²) in [6.45, 7) is 3.83. The van der Waals surface area contributed by atoms with Gasteiger partial charge in [0.25, 0.3) is 0 Å². The molecule has 0 bridgehead atoms. The molecule has 0 atom stereocenters. The van der Waals surface area contributed by atoms with Gasteiger partial charge in [-0.25, -0.2) is 4.79 Å². The van der Waals surface area contributed by atoms with E-state index in [2.05, 4.69) is 10.4 Å². The fraction of sp³-hybridized carbons (Fsp3) is 0.714. The van der Waals surface area contributed by atoms with Crippen molar-refractivity contribution < 1.29 is 14.6 Å². The molecule has 0 unspecified atom stereocenters. The first kappa shape index (κ1) is 15.0. The average Bonchev–Trinajstić information content (AvgIpc) is 3.07. The number of aliphatic hydroxyl groups excluding tert-OH is 1. The lowest BCUT2D eigenvalue weighted by molar-refractivity contribution is 0.0524. The van der Waals surface area contributed by atoms with Gasteiger partial charge in [0.1, 0.15) is 5.56 Å². The quantitative estimate of drug-likeness (QED) is 0.691. The summed E-state index contributed by atoms with van der Waals surface area (Å²) < 4.78 is 6.73. The maximum Gasteiger partial charge on any atom is 0.341 e. The second kappa shape index (κ2) is 6.37. The second-order valence-corrected chi connectivity index (χ2v) is 5.43. The van der Waals surface area contributed by atoms with Crippen molar-refractivity contribution in [2.75, 3.05) is 19.8 Å². The van der Waals surface area contributed by atoms with Gasteiger partial charge in [0.15, 0.2) is 0 Å². The molecule has 0 amide bonds. The molecule has 1 aliphatic rings. The van der Waals surface area contributed by atoms with E-state index < -0.39 is 0 Å². The molecule has 0 aliphatic heterocycles. The van der Waals surface area contributed by atoms with Gasteiger partial charge in [-0.15, -0.1) is 0 Å². The Bertz CT molecular complexity index is 466. The van der Waals surface area contributed by atoms with Gasteiger partial charge < -0.3 is 15.2 Å². The van der Waals surface area contributed by atoms with Crippen LogP contribution in [0.15, 0.2) is 6.20 Å². The van der Waals surface area contributed by atoms with E-state index in [1.165, 1.54) is 0 Å². The van der Waals surface area contributed by atoms with Gasteiger partial charge >= 0.3 is 5.97 Å². The standard InChI is InChI=1S/C14H23N3O3/c1-3-20-13(19)11-8-16-17(2)12(11)9-15-10-14(4-5-14)6-7-18/h8,15,18H,3-7,9-10H2,1-2H3. The lowest BCUT2D eigenvalue weighted by Gasteiger charge is -2.15. The lowest BCUT2D eigenvalue weighted by atomic mass is 10.0. The first-order chi connectivity index (χ1) is 9.62. The number of ether oxygens (including phenoxy) is 1. The Morgan fingerprint density at radius 2 is 2.35 bits per heavy atom. The number of hydrogen-bond donors (Lipinski definition) is 2. The molecule has 0 saturated heterocycles. The number of esters is 1. The van der Waals surface area contributed by atoms with Crippen LogP contribution in [0, 0.1) is 5.41 Å². The minimum absolute atomic E-state index is 0.238. The molecule has 20 heavy (non-hydrogen) atoms. The van der Waals surface area contributed by atoms with Crippen molar-refractivity contribution >= 4 is 5.97 Å². The van der Waals surface area contributed by atoms with Crippen LogP contribution < -0.4 is 5.32 Å². The Morgan fingerprint density at radius 1 is 1.60 bits per heavy atom. The number of rotatable bonds is 8. The molecule has 0 radical (unpaired) electrons. The Balaban J connectivity index is 1.92. The summed E-state index contributed by atoms with van der Waals surface area (Å²) in [7, 11) is 1.82. The number of aryl methyl sites for hydroxylation is 1. The molecule has 2 N–H and O–H groups in total. The highest BCUT2D eigenvalue weighted by atomic mass is 16.5. The predicted octanol–water partition coefficient (Wildman–Crippen LogP) is 0.849. The van der Waals surface area contributed by atoms with E-state index in [0.717, 1.165) is 31.5 Å². The van der Waals surface area contributed by atoms with Crippen molar-refractivity contribution in [2.24, 2.45) is 12.5 Å². The summed E-state index contributed by atoms with van der Waals surface area (Å²) in [5.74, 6) is -0.325. The third kappa shape index (κ3) is 3.37. The molecule has 1 aromatic heterocycles. The number of carbonyl (C=O) groups is 1. The third-order valence-electron chi connectivity index (χ3n) is 3.95. The summed E-state index contributed by atoms with van der Waals surface area (Å²) in [4.78, 5) is 11.8. The molecule has 1 aliphatic carbocycles. The number of carbonyl (C=O) groups excluding carboxylic acids is 1. The van der Waals surface area contributed by atoms with E-state index in [4.69, 9.17) is 9.84 Å². The van der Waals surface area contributed by atoms with E-state index in [9.17, 15) is 4.79 Å². The van der Waals surface area contributed by atoms with Crippen molar-refractivity contribution in [3.63, 3.8) is 0 Å². The summed E-state index contributed by atoms with van der Waals surface area (Å²) in [5, 5.41) is 16.5. The van der Waals surface area contributed by atoms with Crippen LogP contribution in [-0.4, -0.2) is 40.6 Å². The first-order valence-corrected chi connectivity index (χ1v) is 7.11. The first-order valence-electron chi connectivity index (χ1n) is 7.11. The molecule has 2 rings (SSSR count). The highest BCUT2D eigenvalue weighted by Crippen LogP contribution is 2.47. The normalized spacial score (nSPS) is 16.1. The van der Waals surface area contributed by atoms with Crippen LogP contribution in [0.25, 0.3) is 0 Å². The van der Waals surface area contributed by atoms with E-state index in [1.54, 1.807) is 17.8 Å². The Hall–Kier alpha value is -1.40. The van der Waals surface area contributed by atoms with Gasteiger partial charge in [0.05, 0.1) is 18.5 Å². The highest BCUT2D eigenvalue weighted by molar-refractivity contribution is 5.90. The van der Waals surface area contributed by atoms with Crippen LogP contribution in [0.5, 0.6) is 0 Å². The maximum atomic E-state index is 11.8. The van der Waals surface area contributed by atoms with Crippen LogP contribution >= 0.6 is 0 Å². The summed E-state index contributed by atoms with van der Waals surface area (Å²) in [6.07, 6.45) is 4.72. The van der Waals surface area contributed by atoms with Gasteiger partial charge in [-0.3, -0.25) is 4.68 Å². The zero-order valence-corrected chi connectivity index (χ0v) is 12.2. The average molecular weight is 281 g/mol. The van der Waals surface area contributed by atoms with Crippen molar-refractivity contribution in [3.8, 4) is 0 Å². The molecular weight excluding hydrogens is 258 g/mol. The molecule has 1 fully saturated rings. The van der Waals surface area contributed by atoms with Crippen molar-refractivity contribution in [2.45, 2.75) is 32.7 Å². The minimum Gasteiger partial charge on any atom is -0.462 e. The molecule has 6 nitrogen and oxygen atoms in total. The number of nitrogens with one attached hydrogen (secondary N) is 1. The summed E-state index contributed by atoms with van der Waals surface area (Å²) >= 11 is 0. The number of hydrogen-bond acceptors (Lipinski definition) is 5. The lowest BCUT2D eigenvalue weighted by Crippen LogP contribution is -2.26. The van der Waals surface area contributed by atoms with Crippen LogP contribution in [-0.2, 0) is 18.3 Å². The SMILES string of the molecule is CCOC(=O)c1cnn(C)c1CNCC1(CCO)CC1. The monoisotopic (exact) mass is 281 g/mol. The Kier molecular flexibility index (Phi) is 4.77. The molecule has 112 valence electrons. The zero-order valence-electron chi connectivity index (χ0n) is 12.2. The molecule has 1 heterocycles. The van der Waals surface area contributed by atoms with Gasteiger partial charge in [-0.05, 0) is 31.6 Å². The van der Waals surface area contributed by atoms with Gasteiger partial charge in [-0.2, -0.15) is 5.10 Å². The van der Waals surface area contributed by atoms with E-state index >= 15 is 0 Å². The van der Waals surface area contributed by atoms with E-state index in [-0.39, 0.29) is 18.0 Å². The summed E-state index contributed by atoms with van der Waals surface area (Å²) in [5.41, 5.74) is 1.62. The van der Waals surface area contributed by atoms with Crippen LogP contribution in [0.3, 0.4) is 0 Å². The molecule has 0 spiro atoms. The maximum absolute atomic E-state index is 11.8. The van der Waals surface area contributed by atoms with Crippen molar-refractivity contribution in [1.29, 1.82) is 0 Å². The zero-order chi connectivity index (χ0) is 14.6. The topological polar surface area (TPSA) is 76.4 Å². The molecule has 1 saturated carbocycles. The number of aliphatic hydroxyl groups is 1. The van der Waals surface area contributed by atoms with Gasteiger partial charge in [0, 0.05) is 26.7 Å². The minimum atomic E-state index is -0.325. The smallest absolute Gasteiger partial charge is 0.341 e. The fourth-order valence-corrected chi connectivity index (χ4v) is 2.43. The summed E-state index contributed by atoms with van der Waals surface area (Å²) in [6, 6.07) is 0. The molecular formula is C14H23N3O3. The van der Waals surface area contributed by atoms with Crippen LogP contribution in [0.4, 0.5) is 0 Å². The van der Waals surface area contributed by atoms with Gasteiger partial charge in [-0.1, -0.05) is 0 Å². The highest BCUT2D eigenvalue weighted by Gasteiger charge is 2.41. The molecule has 6 heteroatoms. The number of aromatic nitrogens is 2. The van der Waals surface area contributed by atoms with E-state index in [0.29, 0.717) is 18.7 Å². The Morgan fingerprint density at radius 3 is 2.95 bits per heavy atom. The van der Waals surface area contributed by atoms with E-state index in [1.807, 2.05) is 7.05 Å². The van der Waals surface area contributed by atoms with Gasteiger partial charge in [0.2, 0.25) is 0 Å². The third-order valence-corrected chi connectivity index (χ3v) is 3.95. The fourth-order valence-electron chi connectivity index (χ4n) is 2.43. The van der Waals surface area contributed by atoms with Crippen molar-refractivity contribution in [1.82, 2.24) is 15.1 Å². The predicted molar refractivity (Wildman–Crippen MR) is 74.2 cm³/mol. The number of nitrogens with zero attached hydrogens (tertiary/aromatic N) is 2.